The van der Waals surface area contributed by atoms with Crippen LogP contribution in [0.15, 0.2) is 42.5 Å². The van der Waals surface area contributed by atoms with Crippen LogP contribution in [0.1, 0.15) is 15.9 Å². The molecule has 6 nitrogen and oxygen atoms in total. The van der Waals surface area contributed by atoms with Crippen LogP contribution in [0.4, 0.5) is 5.69 Å². The molecule has 0 amide bonds. The Kier molecular flexibility index (Phi) is 4.18. The van der Waals surface area contributed by atoms with Gasteiger partial charge in [-0.05, 0) is 42.8 Å². The van der Waals surface area contributed by atoms with Crippen LogP contribution in [0.25, 0.3) is 0 Å². The molecule has 0 aromatic heterocycles. The van der Waals surface area contributed by atoms with Crippen molar-refractivity contribution in [1.29, 1.82) is 0 Å². The number of nitro benzene ring substituents is 1. The second-order valence-corrected chi connectivity index (χ2v) is 4.35. The van der Waals surface area contributed by atoms with Crippen LogP contribution in [0, 0.1) is 17.0 Å². The zero-order valence-corrected chi connectivity index (χ0v) is 11.5. The van der Waals surface area contributed by atoms with Crippen LogP contribution in [-0.2, 0) is 0 Å². The predicted octanol–water partition coefficient (Wildman–Crippen LogP) is 3.13. The molecule has 0 N–H and O–H groups in total. The third kappa shape index (κ3) is 3.36. The average molecular weight is 287 g/mol. The molecule has 0 atom stereocenters. The molecule has 0 fully saturated rings. The van der Waals surface area contributed by atoms with E-state index in [4.69, 9.17) is 9.47 Å². The number of ether oxygens (including phenoxy) is 2. The molecular formula is C15H13NO5. The van der Waals surface area contributed by atoms with Gasteiger partial charge in [0.1, 0.15) is 5.75 Å². The van der Waals surface area contributed by atoms with E-state index in [1.54, 1.807) is 25.1 Å². The van der Waals surface area contributed by atoms with Gasteiger partial charge in [-0.25, -0.2) is 4.79 Å². The molecule has 0 aliphatic heterocycles. The van der Waals surface area contributed by atoms with Crippen molar-refractivity contribution in [2.24, 2.45) is 0 Å². The monoisotopic (exact) mass is 287 g/mol. The fourth-order valence-electron chi connectivity index (χ4n) is 1.74. The number of nitrogens with zero attached hydrogens (tertiary/aromatic N) is 1. The number of carbonyl (C=O) groups is 1. The Morgan fingerprint density at radius 1 is 1.14 bits per heavy atom. The predicted molar refractivity (Wildman–Crippen MR) is 75.8 cm³/mol. The maximum Gasteiger partial charge on any atom is 0.343 e. The van der Waals surface area contributed by atoms with Crippen LogP contribution in [0.3, 0.4) is 0 Å². The van der Waals surface area contributed by atoms with E-state index in [9.17, 15) is 14.9 Å². The average Bonchev–Trinajstić information content (AvgIpc) is 2.47. The lowest BCUT2D eigenvalue weighted by Gasteiger charge is -2.06. The van der Waals surface area contributed by atoms with E-state index >= 15 is 0 Å². The topological polar surface area (TPSA) is 78.7 Å². The Morgan fingerprint density at radius 3 is 2.38 bits per heavy atom. The summed E-state index contributed by atoms with van der Waals surface area (Å²) in [6.07, 6.45) is 0. The summed E-state index contributed by atoms with van der Waals surface area (Å²) < 4.78 is 10.1. The molecule has 0 aliphatic rings. The number of hydrogen-bond donors (Lipinski definition) is 0. The van der Waals surface area contributed by atoms with Gasteiger partial charge < -0.3 is 9.47 Å². The van der Waals surface area contributed by atoms with E-state index in [0.717, 1.165) is 5.56 Å². The van der Waals surface area contributed by atoms with Crippen LogP contribution in [0.2, 0.25) is 0 Å². The highest BCUT2D eigenvalue weighted by atomic mass is 16.6. The minimum absolute atomic E-state index is 0.0687. The molecule has 0 saturated carbocycles. The van der Waals surface area contributed by atoms with Crippen molar-refractivity contribution in [3.8, 4) is 11.5 Å². The largest absolute Gasteiger partial charge is 0.497 e. The Hall–Kier alpha value is -2.89. The smallest absolute Gasteiger partial charge is 0.343 e. The van der Waals surface area contributed by atoms with Gasteiger partial charge in [0, 0.05) is 6.07 Å². The number of rotatable bonds is 4. The highest BCUT2D eigenvalue weighted by Crippen LogP contribution is 2.28. The third-order valence-electron chi connectivity index (χ3n) is 2.84. The fraction of sp³-hybridized carbons (Fsp3) is 0.133. The minimum Gasteiger partial charge on any atom is -0.497 e. The van der Waals surface area contributed by atoms with Crippen molar-refractivity contribution in [3.63, 3.8) is 0 Å². The summed E-state index contributed by atoms with van der Waals surface area (Å²) in [5.41, 5.74) is 0.798. The zero-order chi connectivity index (χ0) is 15.4. The van der Waals surface area contributed by atoms with Crippen LogP contribution in [0.5, 0.6) is 11.5 Å². The fourth-order valence-corrected chi connectivity index (χ4v) is 1.74. The number of methoxy groups -OCH3 is 1. The number of nitro groups is 1. The molecule has 2 rings (SSSR count). The highest BCUT2D eigenvalue weighted by molar-refractivity contribution is 5.91. The summed E-state index contributed by atoms with van der Waals surface area (Å²) in [4.78, 5) is 22.4. The van der Waals surface area contributed by atoms with Crippen LogP contribution in [-0.4, -0.2) is 18.0 Å². The molecule has 0 spiro atoms. The van der Waals surface area contributed by atoms with Crippen LogP contribution >= 0.6 is 0 Å². The number of carbonyl (C=O) groups excluding carboxylic acids is 1. The van der Waals surface area contributed by atoms with Crippen molar-refractivity contribution in [1.82, 2.24) is 0 Å². The van der Waals surface area contributed by atoms with Gasteiger partial charge in [0.2, 0.25) is 5.75 Å². The maximum atomic E-state index is 12.0. The Labute approximate surface area is 121 Å². The van der Waals surface area contributed by atoms with Gasteiger partial charge in [-0.2, -0.15) is 0 Å². The van der Waals surface area contributed by atoms with Crippen molar-refractivity contribution in [3.05, 3.63) is 63.7 Å². The molecule has 0 aliphatic carbocycles. The summed E-state index contributed by atoms with van der Waals surface area (Å²) >= 11 is 0. The van der Waals surface area contributed by atoms with Gasteiger partial charge in [0.25, 0.3) is 0 Å². The first kappa shape index (κ1) is 14.5. The molecule has 0 heterocycles. The highest BCUT2D eigenvalue weighted by Gasteiger charge is 2.19. The van der Waals surface area contributed by atoms with Gasteiger partial charge in [-0.3, -0.25) is 10.1 Å². The molecule has 2 aromatic rings. The summed E-state index contributed by atoms with van der Waals surface area (Å²) in [6, 6.07) is 10.6. The quantitative estimate of drug-likeness (QED) is 0.373. The Bertz CT molecular complexity index is 679. The lowest BCUT2D eigenvalue weighted by molar-refractivity contribution is -0.385. The van der Waals surface area contributed by atoms with Gasteiger partial charge in [0.05, 0.1) is 17.6 Å². The van der Waals surface area contributed by atoms with Crippen molar-refractivity contribution in [2.45, 2.75) is 6.92 Å². The SMILES string of the molecule is COc1ccc(C(=O)Oc2cc(C)ccc2[N+](=O)[O-])cc1. The second-order valence-electron chi connectivity index (χ2n) is 4.35. The van der Waals surface area contributed by atoms with E-state index < -0.39 is 10.9 Å². The normalized spacial score (nSPS) is 10.0. The lowest BCUT2D eigenvalue weighted by Crippen LogP contribution is -2.09. The summed E-state index contributed by atoms with van der Waals surface area (Å²) in [5, 5.41) is 10.9. The molecule has 0 unspecified atom stereocenters. The van der Waals surface area contributed by atoms with E-state index in [0.29, 0.717) is 5.75 Å². The summed E-state index contributed by atoms with van der Waals surface area (Å²) in [7, 11) is 1.52. The molecule has 0 radical (unpaired) electrons. The molecule has 6 heteroatoms. The molecule has 0 saturated heterocycles. The summed E-state index contributed by atoms with van der Waals surface area (Å²) in [6.45, 7) is 1.76. The second kappa shape index (κ2) is 6.04. The third-order valence-corrected chi connectivity index (χ3v) is 2.84. The number of aryl methyl sites for hydroxylation is 1. The molecule has 0 bridgehead atoms. The molecule has 108 valence electrons. The van der Waals surface area contributed by atoms with E-state index in [2.05, 4.69) is 0 Å². The van der Waals surface area contributed by atoms with Crippen molar-refractivity contribution < 1.29 is 19.2 Å². The lowest BCUT2D eigenvalue weighted by atomic mass is 10.2. The van der Waals surface area contributed by atoms with Crippen LogP contribution < -0.4 is 9.47 Å². The minimum atomic E-state index is -0.661. The standard InChI is InChI=1S/C15H13NO5/c1-10-3-8-13(16(18)19)14(9-10)21-15(17)11-4-6-12(20-2)7-5-11/h3-9H,1-2H3. The van der Waals surface area contributed by atoms with Gasteiger partial charge in [-0.1, -0.05) is 6.07 Å². The number of esters is 1. The van der Waals surface area contributed by atoms with Gasteiger partial charge in [0.15, 0.2) is 0 Å². The summed E-state index contributed by atoms with van der Waals surface area (Å²) in [5.74, 6) is -0.125. The van der Waals surface area contributed by atoms with Crippen molar-refractivity contribution >= 4 is 11.7 Å². The van der Waals surface area contributed by atoms with E-state index in [-0.39, 0.29) is 17.0 Å². The van der Waals surface area contributed by atoms with Gasteiger partial charge in [-0.15, -0.1) is 0 Å². The van der Waals surface area contributed by atoms with E-state index in [1.165, 1.54) is 31.4 Å². The van der Waals surface area contributed by atoms with Gasteiger partial charge >= 0.3 is 11.7 Å². The first-order chi connectivity index (χ1) is 10.0. The number of benzene rings is 2. The maximum absolute atomic E-state index is 12.0. The Morgan fingerprint density at radius 2 is 1.81 bits per heavy atom. The molecular weight excluding hydrogens is 274 g/mol. The zero-order valence-electron chi connectivity index (χ0n) is 11.5. The van der Waals surface area contributed by atoms with Crippen molar-refractivity contribution in [2.75, 3.05) is 7.11 Å². The first-order valence-corrected chi connectivity index (χ1v) is 6.12. The molecule has 2 aromatic carbocycles. The molecule has 21 heavy (non-hydrogen) atoms. The van der Waals surface area contributed by atoms with E-state index in [1.807, 2.05) is 0 Å². The first-order valence-electron chi connectivity index (χ1n) is 6.12. The Balaban J connectivity index is 2.26. The number of hydrogen-bond acceptors (Lipinski definition) is 5.